The third-order valence-electron chi connectivity index (χ3n) is 11.0. The summed E-state index contributed by atoms with van der Waals surface area (Å²) < 4.78 is 6.12. The summed E-state index contributed by atoms with van der Waals surface area (Å²) in [4.78, 5) is 63.9. The highest BCUT2D eigenvalue weighted by molar-refractivity contribution is 5.91. The molecule has 3 fully saturated rings. The lowest BCUT2D eigenvalue weighted by Gasteiger charge is -2.41. The zero-order valence-corrected chi connectivity index (χ0v) is 28.5. The third kappa shape index (κ3) is 7.46. The molecule has 0 radical (unpaired) electrons. The number of hydrogen-bond acceptors (Lipinski definition) is 6. The first-order chi connectivity index (χ1) is 23.8. The van der Waals surface area contributed by atoms with Gasteiger partial charge in [-0.3, -0.25) is 9.59 Å². The Bertz CT molecular complexity index is 1740. The summed E-state index contributed by atoms with van der Waals surface area (Å²) in [5.41, 5.74) is 4.36. The van der Waals surface area contributed by atoms with E-state index in [4.69, 9.17) is 4.74 Å². The lowest BCUT2D eigenvalue weighted by molar-refractivity contribution is -0.142. The number of rotatable bonds is 6. The zero-order valence-electron chi connectivity index (χ0n) is 28.5. The summed E-state index contributed by atoms with van der Waals surface area (Å²) in [7, 11) is 0. The number of anilines is 1. The van der Waals surface area contributed by atoms with Crippen molar-refractivity contribution in [2.75, 3.05) is 51.1 Å². The van der Waals surface area contributed by atoms with Crippen molar-refractivity contribution in [3.63, 3.8) is 0 Å². The van der Waals surface area contributed by atoms with Gasteiger partial charge in [-0.05, 0) is 105 Å². The summed E-state index contributed by atoms with van der Waals surface area (Å²) in [5, 5.41) is 3.93. The standard InChI is InChI=1S/C38H48N6O5/c1-26-23-27(24-29-9-10-34(45)40-35(26)29)25-33(36(46)42-18-12-30(13-19-42)41-16-5-2-6-17-41)49-38(48)43-20-14-31(15-21-43)44-22-11-28-7-3-4-8-32(28)39-37(44)47/h3-4,7-10,23-24,30-31,33H,2,5-6,11-22,25H2,1H3,(H,39,47)(H,40,45)/t33-/m1/s1. The summed E-state index contributed by atoms with van der Waals surface area (Å²) in [6.45, 7) is 7.04. The van der Waals surface area contributed by atoms with Crippen molar-refractivity contribution in [2.24, 2.45) is 0 Å². The van der Waals surface area contributed by atoms with Gasteiger partial charge in [0.1, 0.15) is 0 Å². The summed E-state index contributed by atoms with van der Waals surface area (Å²) in [5.74, 6) is -0.152. The van der Waals surface area contributed by atoms with Gasteiger partial charge in [-0.25, -0.2) is 9.59 Å². The van der Waals surface area contributed by atoms with Crippen LogP contribution in [0.3, 0.4) is 0 Å². The van der Waals surface area contributed by atoms with Crippen molar-refractivity contribution in [1.82, 2.24) is 24.6 Å². The molecule has 2 N–H and O–H groups in total. The number of aromatic amines is 1. The number of urea groups is 1. The highest BCUT2D eigenvalue weighted by atomic mass is 16.6. The highest BCUT2D eigenvalue weighted by Crippen LogP contribution is 2.27. The molecule has 11 heteroatoms. The number of pyridine rings is 1. The Labute approximate surface area is 287 Å². The van der Waals surface area contributed by atoms with Gasteiger partial charge in [-0.1, -0.05) is 30.7 Å². The van der Waals surface area contributed by atoms with Crippen molar-refractivity contribution in [2.45, 2.75) is 82.9 Å². The van der Waals surface area contributed by atoms with Gasteiger partial charge in [-0.15, -0.1) is 0 Å². The molecule has 0 aliphatic carbocycles. The molecule has 260 valence electrons. The number of H-pyrrole nitrogens is 1. The molecule has 0 spiro atoms. The number of benzene rings is 2. The van der Waals surface area contributed by atoms with E-state index in [2.05, 4.69) is 15.2 Å². The number of fused-ring (bicyclic) bond motifs is 2. The number of nitrogens with zero attached hydrogens (tertiary/aromatic N) is 4. The number of carbonyl (C=O) groups excluding carboxylic acids is 3. The quantitative estimate of drug-likeness (QED) is 0.385. The van der Waals surface area contributed by atoms with Crippen molar-refractivity contribution in [3.8, 4) is 0 Å². The smallest absolute Gasteiger partial charge is 0.410 e. The molecule has 1 aromatic heterocycles. The maximum Gasteiger partial charge on any atom is 0.410 e. The van der Waals surface area contributed by atoms with Gasteiger partial charge in [0.15, 0.2) is 6.10 Å². The first kappa shape index (κ1) is 33.1. The van der Waals surface area contributed by atoms with E-state index in [1.807, 2.05) is 53.1 Å². The van der Waals surface area contributed by atoms with Crippen LogP contribution in [0.5, 0.6) is 0 Å². The maximum atomic E-state index is 14.1. The van der Waals surface area contributed by atoms with E-state index >= 15 is 0 Å². The van der Waals surface area contributed by atoms with Gasteiger partial charge in [0.2, 0.25) is 5.56 Å². The molecule has 1 atom stereocenters. The van der Waals surface area contributed by atoms with Crippen LogP contribution in [0, 0.1) is 6.92 Å². The normalized spacial score (nSPS) is 20.4. The van der Waals surface area contributed by atoms with Crippen LogP contribution in [0.4, 0.5) is 15.3 Å². The molecule has 11 nitrogen and oxygen atoms in total. The van der Waals surface area contributed by atoms with Crippen LogP contribution in [-0.4, -0.2) is 107 Å². The van der Waals surface area contributed by atoms with Crippen LogP contribution in [0.15, 0.2) is 53.3 Å². The fourth-order valence-corrected chi connectivity index (χ4v) is 8.27. The van der Waals surface area contributed by atoms with Gasteiger partial charge in [0.25, 0.3) is 5.91 Å². The SMILES string of the molecule is Cc1cc(C[C@@H](OC(=O)N2CCC(N3CCc4ccccc4NC3=O)CC2)C(=O)N2CCC(N3CCCCC3)CC2)cc2ccc(=O)[nH]c12. The van der Waals surface area contributed by atoms with Crippen LogP contribution in [0.25, 0.3) is 10.9 Å². The van der Waals surface area contributed by atoms with Crippen LogP contribution < -0.4 is 10.9 Å². The van der Waals surface area contributed by atoms with Crippen LogP contribution in [-0.2, 0) is 22.4 Å². The molecule has 2 aromatic carbocycles. The van der Waals surface area contributed by atoms with Crippen molar-refractivity contribution >= 4 is 34.6 Å². The Morgan fingerprint density at radius 2 is 1.55 bits per heavy atom. The van der Waals surface area contributed by atoms with E-state index in [-0.39, 0.29) is 30.0 Å². The lowest BCUT2D eigenvalue weighted by Crippen LogP contribution is -2.53. The minimum absolute atomic E-state index is 0.0176. The zero-order chi connectivity index (χ0) is 33.9. The molecule has 4 amide bonds. The molecule has 0 unspecified atom stereocenters. The fraction of sp³-hybridized carbons (Fsp3) is 0.526. The number of aryl methyl sites for hydroxylation is 1. The summed E-state index contributed by atoms with van der Waals surface area (Å²) in [6, 6.07) is 15.5. The van der Waals surface area contributed by atoms with E-state index in [1.165, 1.54) is 25.3 Å². The van der Waals surface area contributed by atoms with Crippen LogP contribution in [0.2, 0.25) is 0 Å². The molecule has 3 saturated heterocycles. The van der Waals surface area contributed by atoms with E-state index in [0.717, 1.165) is 65.6 Å². The van der Waals surface area contributed by atoms with Crippen molar-refractivity contribution in [3.05, 3.63) is 75.6 Å². The largest absolute Gasteiger partial charge is 0.436 e. The number of hydrogen-bond donors (Lipinski definition) is 2. The fourth-order valence-electron chi connectivity index (χ4n) is 8.27. The van der Waals surface area contributed by atoms with E-state index < -0.39 is 12.2 Å². The molecule has 4 aliphatic rings. The highest BCUT2D eigenvalue weighted by Gasteiger charge is 2.36. The minimum atomic E-state index is -0.966. The number of likely N-dealkylation sites (tertiary alicyclic amines) is 3. The second-order valence-electron chi connectivity index (χ2n) is 14.2. The second kappa shape index (κ2) is 14.6. The number of para-hydroxylation sites is 1. The topological polar surface area (TPSA) is 118 Å². The monoisotopic (exact) mass is 668 g/mol. The number of ether oxygens (including phenoxy) is 1. The van der Waals surface area contributed by atoms with E-state index in [9.17, 15) is 19.2 Å². The Kier molecular flexibility index (Phi) is 9.89. The first-order valence-corrected chi connectivity index (χ1v) is 18.1. The molecule has 4 aliphatic heterocycles. The number of piperidine rings is 3. The minimum Gasteiger partial charge on any atom is -0.436 e. The number of carbonyl (C=O) groups is 3. The molecular formula is C38H48N6O5. The molecule has 5 heterocycles. The average molecular weight is 669 g/mol. The molecule has 7 rings (SSSR count). The molecule has 3 aromatic rings. The predicted molar refractivity (Wildman–Crippen MR) is 189 cm³/mol. The maximum absolute atomic E-state index is 14.1. The van der Waals surface area contributed by atoms with Gasteiger partial charge in [0.05, 0.1) is 5.52 Å². The third-order valence-corrected chi connectivity index (χ3v) is 11.0. The van der Waals surface area contributed by atoms with Gasteiger partial charge >= 0.3 is 12.1 Å². The second-order valence-corrected chi connectivity index (χ2v) is 14.2. The Morgan fingerprint density at radius 3 is 2.33 bits per heavy atom. The van der Waals surface area contributed by atoms with E-state index in [0.29, 0.717) is 51.6 Å². The lowest BCUT2D eigenvalue weighted by atomic mass is 9.98. The van der Waals surface area contributed by atoms with Crippen molar-refractivity contribution in [1.29, 1.82) is 0 Å². The summed E-state index contributed by atoms with van der Waals surface area (Å²) >= 11 is 0. The average Bonchev–Trinajstić information content (AvgIpc) is 3.30. The Morgan fingerprint density at radius 1 is 0.837 bits per heavy atom. The molecule has 0 saturated carbocycles. The molecule has 49 heavy (non-hydrogen) atoms. The number of aromatic nitrogens is 1. The summed E-state index contributed by atoms with van der Waals surface area (Å²) in [6.07, 6.45) is 6.49. The predicted octanol–water partition coefficient (Wildman–Crippen LogP) is 4.92. The first-order valence-electron chi connectivity index (χ1n) is 18.1. The molecular weight excluding hydrogens is 620 g/mol. The Hall–Kier alpha value is -4.38. The number of amides is 4. The number of nitrogens with one attached hydrogen (secondary N) is 2. The van der Waals surface area contributed by atoms with Crippen LogP contribution in [0.1, 0.15) is 61.6 Å². The Balaban J connectivity index is 1.02. The van der Waals surface area contributed by atoms with Gasteiger partial charge < -0.3 is 34.6 Å². The molecule has 0 bridgehead atoms. The van der Waals surface area contributed by atoms with Gasteiger partial charge in [0, 0.05) is 63.0 Å². The van der Waals surface area contributed by atoms with Crippen molar-refractivity contribution < 1.29 is 19.1 Å². The van der Waals surface area contributed by atoms with E-state index in [1.54, 1.807) is 11.0 Å². The van der Waals surface area contributed by atoms with Crippen LogP contribution >= 0.6 is 0 Å². The van der Waals surface area contributed by atoms with Gasteiger partial charge in [-0.2, -0.15) is 0 Å².